The average molecular weight is 528 g/mol. The number of carbonyl (C=O) groups is 2. The molecule has 4 rings (SSSR count). The lowest BCUT2D eigenvalue weighted by atomic mass is 9.83. The van der Waals surface area contributed by atoms with E-state index in [0.29, 0.717) is 0 Å². The molecule has 1 saturated heterocycles. The van der Waals surface area contributed by atoms with E-state index in [0.717, 1.165) is 51.3 Å². The minimum absolute atomic E-state index is 0.117. The first-order valence-electron chi connectivity index (χ1n) is 10.7. The molecule has 2 aliphatic rings. The second-order valence-corrected chi connectivity index (χ2v) is 8.29. The lowest BCUT2D eigenvalue weighted by molar-refractivity contribution is -0.193. The molecule has 15 heteroatoms. The summed E-state index contributed by atoms with van der Waals surface area (Å²) in [5.74, 6) is -3.18. The van der Waals surface area contributed by atoms with Crippen molar-refractivity contribution < 1.29 is 50.6 Å². The van der Waals surface area contributed by atoms with Crippen molar-refractivity contribution in [2.24, 2.45) is 0 Å². The number of likely N-dealkylation sites (tertiary alicyclic amines) is 1. The van der Waals surface area contributed by atoms with Gasteiger partial charge in [-0.15, -0.1) is 0 Å². The van der Waals surface area contributed by atoms with Gasteiger partial charge in [0.15, 0.2) is 0 Å². The summed E-state index contributed by atoms with van der Waals surface area (Å²) in [5.41, 5.74) is 1.41. The van der Waals surface area contributed by atoms with Crippen LogP contribution in [-0.4, -0.2) is 80.5 Å². The molecule has 4 heterocycles. The van der Waals surface area contributed by atoms with Crippen LogP contribution in [0.15, 0.2) is 29.0 Å². The van der Waals surface area contributed by atoms with Crippen LogP contribution in [0.5, 0.6) is 0 Å². The van der Waals surface area contributed by atoms with E-state index in [9.17, 15) is 26.3 Å². The van der Waals surface area contributed by atoms with E-state index in [1.54, 1.807) is 6.26 Å². The fraction of sp³-hybridized carbons (Fsp3) is 0.571. The lowest BCUT2D eigenvalue weighted by Crippen LogP contribution is -2.56. The number of nitrogens with zero attached hydrogens (tertiary/aromatic N) is 4. The minimum atomic E-state index is -5.08. The highest BCUT2D eigenvalue weighted by Crippen LogP contribution is 2.40. The Morgan fingerprint density at radius 2 is 1.56 bits per heavy atom. The van der Waals surface area contributed by atoms with Crippen molar-refractivity contribution in [1.82, 2.24) is 19.4 Å². The Labute approximate surface area is 201 Å². The second-order valence-electron chi connectivity index (χ2n) is 8.29. The third kappa shape index (κ3) is 7.22. The van der Waals surface area contributed by atoms with Gasteiger partial charge in [0.2, 0.25) is 0 Å². The van der Waals surface area contributed by atoms with Gasteiger partial charge in [-0.1, -0.05) is 0 Å². The number of aryl methyl sites for hydroxylation is 1. The Morgan fingerprint density at radius 1 is 1.03 bits per heavy atom. The topological polar surface area (TPSA) is 112 Å². The predicted octanol–water partition coefficient (Wildman–Crippen LogP) is 3.49. The average Bonchev–Trinajstić information content (AvgIpc) is 3.42. The van der Waals surface area contributed by atoms with Crippen LogP contribution in [-0.2, 0) is 28.2 Å². The van der Waals surface area contributed by atoms with Crippen LogP contribution in [0, 0.1) is 6.92 Å². The number of rotatable bonds is 2. The summed E-state index contributed by atoms with van der Waals surface area (Å²) in [6.07, 6.45) is -4.10. The maximum absolute atomic E-state index is 10.6. The van der Waals surface area contributed by atoms with Crippen molar-refractivity contribution in [3.8, 4) is 0 Å². The molecule has 202 valence electrons. The molecule has 0 aromatic carbocycles. The highest BCUT2D eigenvalue weighted by molar-refractivity contribution is 5.73. The molecule has 0 unspecified atom stereocenters. The molecule has 1 fully saturated rings. The molecule has 0 bridgehead atoms. The van der Waals surface area contributed by atoms with Gasteiger partial charge in [0.1, 0.15) is 11.6 Å². The molecular weight excluding hydrogens is 502 g/mol. The maximum atomic E-state index is 10.6. The molecule has 0 atom stereocenters. The van der Waals surface area contributed by atoms with Crippen molar-refractivity contribution in [3.05, 3.63) is 41.9 Å². The Kier molecular flexibility index (Phi) is 9.18. The Hall–Kier alpha value is -3.07. The van der Waals surface area contributed by atoms with Crippen LogP contribution < -0.4 is 0 Å². The number of furan rings is 1. The van der Waals surface area contributed by atoms with E-state index in [4.69, 9.17) is 29.2 Å². The third-order valence-corrected chi connectivity index (χ3v) is 5.99. The minimum Gasteiger partial charge on any atom is -0.475 e. The summed E-state index contributed by atoms with van der Waals surface area (Å²) in [5, 5.41) is 14.2. The first-order valence-corrected chi connectivity index (χ1v) is 10.7. The number of fused-ring (bicyclic) bond motifs is 2. The normalized spacial score (nSPS) is 17.9. The van der Waals surface area contributed by atoms with E-state index in [1.165, 1.54) is 11.5 Å². The Bertz CT molecular complexity index is 987. The van der Waals surface area contributed by atoms with Crippen molar-refractivity contribution in [1.29, 1.82) is 0 Å². The van der Waals surface area contributed by atoms with Crippen molar-refractivity contribution >= 4 is 11.9 Å². The van der Waals surface area contributed by atoms with Crippen LogP contribution >= 0.6 is 0 Å². The van der Waals surface area contributed by atoms with E-state index in [-0.39, 0.29) is 5.54 Å². The highest BCUT2D eigenvalue weighted by atomic mass is 19.4. The van der Waals surface area contributed by atoms with Gasteiger partial charge >= 0.3 is 24.3 Å². The Morgan fingerprint density at radius 3 is 2.00 bits per heavy atom. The zero-order valence-corrected chi connectivity index (χ0v) is 19.4. The van der Waals surface area contributed by atoms with Crippen LogP contribution in [0.1, 0.15) is 30.1 Å². The number of halogens is 6. The zero-order valence-electron chi connectivity index (χ0n) is 19.4. The largest absolute Gasteiger partial charge is 0.490 e. The van der Waals surface area contributed by atoms with Gasteiger partial charge in [0.25, 0.3) is 0 Å². The third-order valence-electron chi connectivity index (χ3n) is 5.99. The monoisotopic (exact) mass is 528 g/mol. The van der Waals surface area contributed by atoms with E-state index in [1.807, 2.05) is 12.3 Å². The summed E-state index contributed by atoms with van der Waals surface area (Å²) in [4.78, 5) is 27.6. The standard InChI is InChI=1S/C17H24N4O.2C2HF3O2/c1-14-12-18-16-17(19(2)9-10-21(14)16)5-7-20(8-6-17)13-15-4-3-11-22-15;2*3-2(4,5)1(6)7/h3-4,11-12H,5-10,13H2,1-2H3;2*(H,6,7). The maximum Gasteiger partial charge on any atom is 0.490 e. The van der Waals surface area contributed by atoms with E-state index < -0.39 is 24.3 Å². The molecule has 2 aliphatic heterocycles. The fourth-order valence-corrected chi connectivity index (χ4v) is 4.06. The molecule has 2 aromatic heterocycles. The van der Waals surface area contributed by atoms with E-state index in [2.05, 4.69) is 34.4 Å². The molecule has 9 nitrogen and oxygen atoms in total. The molecule has 2 aromatic rings. The molecule has 0 amide bonds. The van der Waals surface area contributed by atoms with Crippen LogP contribution in [0.25, 0.3) is 0 Å². The smallest absolute Gasteiger partial charge is 0.475 e. The first-order chi connectivity index (χ1) is 16.6. The number of imidazole rings is 1. The number of hydrogen-bond donors (Lipinski definition) is 2. The number of hydrogen-bond acceptors (Lipinski definition) is 6. The molecule has 2 N–H and O–H groups in total. The number of carboxylic acids is 2. The van der Waals surface area contributed by atoms with Gasteiger partial charge in [0.05, 0.1) is 18.3 Å². The van der Waals surface area contributed by atoms with Gasteiger partial charge in [-0.05, 0) is 38.9 Å². The Balaban J connectivity index is 0.000000271. The number of aromatic nitrogens is 2. The molecule has 0 aliphatic carbocycles. The van der Waals surface area contributed by atoms with Crippen LogP contribution in [0.3, 0.4) is 0 Å². The van der Waals surface area contributed by atoms with Crippen LogP contribution in [0.2, 0.25) is 0 Å². The van der Waals surface area contributed by atoms with Crippen molar-refractivity contribution in [2.75, 3.05) is 26.7 Å². The number of carboxylic acid groups (broad SMARTS) is 2. The van der Waals surface area contributed by atoms with Gasteiger partial charge in [-0.3, -0.25) is 9.80 Å². The fourth-order valence-electron chi connectivity index (χ4n) is 4.06. The van der Waals surface area contributed by atoms with Crippen LogP contribution in [0.4, 0.5) is 26.3 Å². The molecular formula is C21H26F6N4O5. The van der Waals surface area contributed by atoms with Gasteiger partial charge < -0.3 is 19.2 Å². The first kappa shape index (κ1) is 29.2. The van der Waals surface area contributed by atoms with E-state index >= 15 is 0 Å². The second kappa shape index (κ2) is 11.3. The van der Waals surface area contributed by atoms with Gasteiger partial charge in [-0.25, -0.2) is 14.6 Å². The molecule has 0 saturated carbocycles. The van der Waals surface area contributed by atoms with Crippen molar-refractivity contribution in [3.63, 3.8) is 0 Å². The zero-order chi connectivity index (χ0) is 27.3. The number of likely N-dealkylation sites (N-methyl/N-ethyl adjacent to an activating group) is 1. The number of aliphatic carboxylic acids is 2. The van der Waals surface area contributed by atoms with Crippen molar-refractivity contribution in [2.45, 2.75) is 50.7 Å². The number of piperidine rings is 1. The molecule has 0 radical (unpaired) electrons. The molecule has 1 spiro atoms. The summed E-state index contributed by atoms with van der Waals surface area (Å²) in [6.45, 7) is 7.45. The predicted molar refractivity (Wildman–Crippen MR) is 112 cm³/mol. The summed E-state index contributed by atoms with van der Waals surface area (Å²) in [6, 6.07) is 4.03. The summed E-state index contributed by atoms with van der Waals surface area (Å²) < 4.78 is 71.4. The van der Waals surface area contributed by atoms with Gasteiger partial charge in [-0.2, -0.15) is 26.3 Å². The van der Waals surface area contributed by atoms with Gasteiger partial charge in [0, 0.05) is 38.1 Å². The quantitative estimate of drug-likeness (QED) is 0.570. The summed E-state index contributed by atoms with van der Waals surface area (Å²) >= 11 is 0. The molecule has 36 heavy (non-hydrogen) atoms. The SMILES string of the molecule is Cc1cnc2n1CCN(C)C21CCN(Cc2ccco2)CC1.O=C(O)C(F)(F)F.O=C(O)C(F)(F)F. The summed E-state index contributed by atoms with van der Waals surface area (Å²) in [7, 11) is 2.26. The highest BCUT2D eigenvalue weighted by Gasteiger charge is 2.45. The number of alkyl halides is 6. The lowest BCUT2D eigenvalue weighted by Gasteiger charge is -2.49.